The molecule has 0 bridgehead atoms. The average Bonchev–Trinajstić information content (AvgIpc) is 2.35. The minimum Gasteiger partial charge on any atom is -0.460 e. The molecule has 1 aromatic rings. The topological polar surface area (TPSA) is 78.3 Å². The molecule has 0 unspecified atom stereocenters. The van der Waals surface area contributed by atoms with Crippen LogP contribution in [0.4, 0.5) is 0 Å². The summed E-state index contributed by atoms with van der Waals surface area (Å²) in [6.07, 6.45) is 0.654. The Hall–Kier alpha value is -1.39. The van der Waals surface area contributed by atoms with Crippen LogP contribution in [0, 0.1) is 0 Å². The van der Waals surface area contributed by atoms with Gasteiger partial charge in [0, 0.05) is 6.04 Å². The van der Waals surface area contributed by atoms with E-state index < -0.39 is 12.0 Å². The molecule has 0 amide bonds. The van der Waals surface area contributed by atoms with Gasteiger partial charge in [0.05, 0.1) is 0 Å². The Morgan fingerprint density at radius 1 is 1.31 bits per heavy atom. The summed E-state index contributed by atoms with van der Waals surface area (Å²) in [5.41, 5.74) is 12.2. The van der Waals surface area contributed by atoms with Crippen LogP contribution in [0.5, 0.6) is 0 Å². The third kappa shape index (κ3) is 3.64. The number of carbonyl (C=O) groups is 1. The third-order valence-electron chi connectivity index (χ3n) is 2.43. The lowest BCUT2D eigenvalue weighted by Gasteiger charge is -2.16. The standard InChI is InChI=1S/C12H18N2O2/c1-2-10(13)11(14)12(15)16-8-9-6-4-3-5-7-9/h3-7,10-11H,2,8,13-14H2,1H3/t10-,11-/m1/s1. The molecule has 0 aliphatic heterocycles. The summed E-state index contributed by atoms with van der Waals surface area (Å²) >= 11 is 0. The molecule has 0 saturated heterocycles. The number of hydrogen-bond donors (Lipinski definition) is 2. The van der Waals surface area contributed by atoms with Crippen LogP contribution in [0.3, 0.4) is 0 Å². The second kappa shape index (κ2) is 6.25. The van der Waals surface area contributed by atoms with E-state index in [4.69, 9.17) is 16.2 Å². The Morgan fingerprint density at radius 3 is 2.50 bits per heavy atom. The Balaban J connectivity index is 2.41. The minimum absolute atomic E-state index is 0.240. The highest BCUT2D eigenvalue weighted by molar-refractivity contribution is 5.76. The third-order valence-corrected chi connectivity index (χ3v) is 2.43. The van der Waals surface area contributed by atoms with Crippen molar-refractivity contribution in [3.63, 3.8) is 0 Å². The highest BCUT2D eigenvalue weighted by Crippen LogP contribution is 2.03. The molecule has 88 valence electrons. The first kappa shape index (κ1) is 12.7. The van der Waals surface area contributed by atoms with Gasteiger partial charge in [0.15, 0.2) is 0 Å². The van der Waals surface area contributed by atoms with Crippen LogP contribution < -0.4 is 11.5 Å². The monoisotopic (exact) mass is 222 g/mol. The molecule has 0 aliphatic rings. The van der Waals surface area contributed by atoms with Gasteiger partial charge in [-0.15, -0.1) is 0 Å². The SMILES string of the molecule is CC[C@@H](N)[C@@H](N)C(=O)OCc1ccccc1. The summed E-state index contributed by atoms with van der Waals surface area (Å²) in [4.78, 5) is 11.5. The fourth-order valence-corrected chi connectivity index (χ4v) is 1.25. The zero-order valence-corrected chi connectivity index (χ0v) is 9.43. The second-order valence-corrected chi connectivity index (χ2v) is 3.69. The summed E-state index contributed by atoms with van der Waals surface area (Å²) < 4.78 is 5.07. The molecule has 0 heterocycles. The van der Waals surface area contributed by atoms with Crippen LogP contribution in [-0.4, -0.2) is 18.1 Å². The summed E-state index contributed by atoms with van der Waals surface area (Å²) in [5, 5.41) is 0. The molecule has 0 fully saturated rings. The van der Waals surface area contributed by atoms with Crippen LogP contribution in [0.25, 0.3) is 0 Å². The first-order chi connectivity index (χ1) is 7.65. The van der Waals surface area contributed by atoms with E-state index >= 15 is 0 Å². The van der Waals surface area contributed by atoms with E-state index in [2.05, 4.69) is 0 Å². The van der Waals surface area contributed by atoms with E-state index in [1.54, 1.807) is 0 Å². The molecule has 16 heavy (non-hydrogen) atoms. The number of esters is 1. The maximum Gasteiger partial charge on any atom is 0.324 e. The number of nitrogens with two attached hydrogens (primary N) is 2. The van der Waals surface area contributed by atoms with E-state index in [1.807, 2.05) is 37.3 Å². The Labute approximate surface area is 95.6 Å². The summed E-state index contributed by atoms with van der Waals surface area (Å²) in [7, 11) is 0. The molecule has 0 spiro atoms. The lowest BCUT2D eigenvalue weighted by molar-refractivity contribution is -0.147. The normalized spacial score (nSPS) is 14.2. The van der Waals surface area contributed by atoms with Gasteiger partial charge in [-0.05, 0) is 12.0 Å². The van der Waals surface area contributed by atoms with Crippen molar-refractivity contribution in [3.8, 4) is 0 Å². The van der Waals surface area contributed by atoms with Crippen molar-refractivity contribution < 1.29 is 9.53 Å². The molecule has 2 atom stereocenters. The molecule has 0 aromatic heterocycles. The molecule has 1 rings (SSSR count). The zero-order chi connectivity index (χ0) is 12.0. The van der Waals surface area contributed by atoms with Gasteiger partial charge in [-0.25, -0.2) is 0 Å². The van der Waals surface area contributed by atoms with Crippen molar-refractivity contribution >= 4 is 5.97 Å². The van der Waals surface area contributed by atoms with Crippen molar-refractivity contribution in [2.75, 3.05) is 0 Å². The fourth-order valence-electron chi connectivity index (χ4n) is 1.25. The molecule has 4 nitrogen and oxygen atoms in total. The van der Waals surface area contributed by atoms with E-state index in [0.29, 0.717) is 6.42 Å². The first-order valence-corrected chi connectivity index (χ1v) is 5.37. The highest BCUT2D eigenvalue weighted by Gasteiger charge is 2.21. The van der Waals surface area contributed by atoms with Gasteiger partial charge in [-0.1, -0.05) is 37.3 Å². The molecule has 1 aromatic carbocycles. The number of ether oxygens (including phenoxy) is 1. The van der Waals surface area contributed by atoms with Crippen LogP contribution in [-0.2, 0) is 16.1 Å². The largest absolute Gasteiger partial charge is 0.460 e. The molecule has 0 aliphatic carbocycles. The predicted molar refractivity (Wildman–Crippen MR) is 62.5 cm³/mol. The average molecular weight is 222 g/mol. The lowest BCUT2D eigenvalue weighted by atomic mass is 10.1. The quantitative estimate of drug-likeness (QED) is 0.722. The van der Waals surface area contributed by atoms with Gasteiger partial charge in [0.25, 0.3) is 0 Å². The Bertz CT molecular complexity index is 327. The maximum atomic E-state index is 11.5. The summed E-state index contributed by atoms with van der Waals surface area (Å²) in [6, 6.07) is 8.38. The number of rotatable bonds is 5. The predicted octanol–water partition coefficient (Wildman–Crippen LogP) is 0.794. The minimum atomic E-state index is -0.742. The van der Waals surface area contributed by atoms with E-state index in [1.165, 1.54) is 0 Å². The van der Waals surface area contributed by atoms with E-state index in [9.17, 15) is 4.79 Å². The first-order valence-electron chi connectivity index (χ1n) is 5.37. The fraction of sp³-hybridized carbons (Fsp3) is 0.417. The van der Waals surface area contributed by atoms with Gasteiger partial charge >= 0.3 is 5.97 Å². The van der Waals surface area contributed by atoms with Crippen LogP contribution >= 0.6 is 0 Å². The Kier molecular flexibility index (Phi) is 4.95. The molecule has 0 saturated carbocycles. The zero-order valence-electron chi connectivity index (χ0n) is 9.43. The van der Waals surface area contributed by atoms with Gasteiger partial charge in [0.1, 0.15) is 12.6 Å². The van der Waals surface area contributed by atoms with Gasteiger partial charge < -0.3 is 16.2 Å². The summed E-state index contributed by atoms with van der Waals surface area (Å²) in [6.45, 7) is 2.12. The molecule has 0 radical (unpaired) electrons. The van der Waals surface area contributed by atoms with Crippen molar-refractivity contribution in [2.45, 2.75) is 32.0 Å². The van der Waals surface area contributed by atoms with Crippen molar-refractivity contribution in [2.24, 2.45) is 11.5 Å². The molecule has 4 heteroatoms. The van der Waals surface area contributed by atoms with Gasteiger partial charge in [-0.3, -0.25) is 4.79 Å². The van der Waals surface area contributed by atoms with Crippen molar-refractivity contribution in [3.05, 3.63) is 35.9 Å². The lowest BCUT2D eigenvalue weighted by Crippen LogP contribution is -2.47. The molecule has 4 N–H and O–H groups in total. The number of hydrogen-bond acceptors (Lipinski definition) is 4. The molecular formula is C12H18N2O2. The van der Waals surface area contributed by atoms with E-state index in [0.717, 1.165) is 5.56 Å². The summed E-state index contributed by atoms with van der Waals surface area (Å²) in [5.74, 6) is -0.446. The number of carbonyl (C=O) groups excluding carboxylic acids is 1. The Morgan fingerprint density at radius 2 is 1.94 bits per heavy atom. The smallest absolute Gasteiger partial charge is 0.324 e. The van der Waals surface area contributed by atoms with Crippen LogP contribution in [0.2, 0.25) is 0 Å². The van der Waals surface area contributed by atoms with Gasteiger partial charge in [0.2, 0.25) is 0 Å². The van der Waals surface area contributed by atoms with Crippen LogP contribution in [0.15, 0.2) is 30.3 Å². The number of benzene rings is 1. The van der Waals surface area contributed by atoms with Crippen molar-refractivity contribution in [1.29, 1.82) is 0 Å². The van der Waals surface area contributed by atoms with Gasteiger partial charge in [-0.2, -0.15) is 0 Å². The second-order valence-electron chi connectivity index (χ2n) is 3.69. The maximum absolute atomic E-state index is 11.5. The molecular weight excluding hydrogens is 204 g/mol. The van der Waals surface area contributed by atoms with E-state index in [-0.39, 0.29) is 12.6 Å². The highest BCUT2D eigenvalue weighted by atomic mass is 16.5. The van der Waals surface area contributed by atoms with Crippen molar-refractivity contribution in [1.82, 2.24) is 0 Å². The van der Waals surface area contributed by atoms with Crippen LogP contribution in [0.1, 0.15) is 18.9 Å².